The Labute approximate surface area is 125 Å². The zero-order valence-electron chi connectivity index (χ0n) is 12.5. The largest absolute Gasteiger partial charge is 0.355 e. The molecule has 112 valence electrons. The van der Waals surface area contributed by atoms with E-state index in [1.807, 2.05) is 11.6 Å². The first-order chi connectivity index (χ1) is 9.44. The average Bonchev–Trinajstić information content (AvgIpc) is 2.65. The van der Waals surface area contributed by atoms with E-state index in [-0.39, 0.29) is 11.3 Å². The van der Waals surface area contributed by atoms with Gasteiger partial charge in [0.05, 0.1) is 0 Å². The zero-order chi connectivity index (χ0) is 14.8. The van der Waals surface area contributed by atoms with E-state index >= 15 is 0 Å². The molecule has 2 rings (SSSR count). The van der Waals surface area contributed by atoms with Crippen LogP contribution in [0, 0.1) is 16.1 Å². The van der Waals surface area contributed by atoms with Crippen molar-refractivity contribution >= 4 is 18.1 Å². The van der Waals surface area contributed by atoms with Gasteiger partial charge in [-0.25, -0.2) is 0 Å². The Balaban J connectivity index is 1.86. The van der Waals surface area contributed by atoms with Crippen molar-refractivity contribution < 1.29 is 4.79 Å². The van der Waals surface area contributed by atoms with Crippen molar-refractivity contribution in [2.24, 2.45) is 18.4 Å². The highest BCUT2D eigenvalue weighted by Gasteiger charge is 2.43. The number of carbonyl (C=O) groups excluding carboxylic acids is 1. The summed E-state index contributed by atoms with van der Waals surface area (Å²) < 4.78 is 2.45. The Morgan fingerprint density at radius 3 is 2.70 bits per heavy atom. The molecule has 1 aromatic heterocycles. The highest BCUT2D eigenvalue weighted by molar-refractivity contribution is 7.71. The van der Waals surface area contributed by atoms with Gasteiger partial charge >= 0.3 is 0 Å². The number of nitrogens with zero attached hydrogens (tertiary/aromatic N) is 2. The summed E-state index contributed by atoms with van der Waals surface area (Å²) >= 11 is 5.07. The molecule has 0 unspecified atom stereocenters. The highest BCUT2D eigenvalue weighted by atomic mass is 32.1. The molecule has 0 spiro atoms. The number of hydrogen-bond donors (Lipinski definition) is 2. The summed E-state index contributed by atoms with van der Waals surface area (Å²) in [5.41, 5.74) is -0.106. The van der Waals surface area contributed by atoms with Crippen LogP contribution in [0.2, 0.25) is 0 Å². The number of nitrogens with one attached hydrogen (secondary N) is 2. The Morgan fingerprint density at radius 2 is 2.25 bits per heavy atom. The minimum Gasteiger partial charge on any atom is -0.355 e. The Bertz CT molecular complexity index is 528. The Kier molecular flexibility index (Phi) is 4.62. The zero-order valence-corrected chi connectivity index (χ0v) is 13.3. The van der Waals surface area contributed by atoms with Gasteiger partial charge in [-0.05, 0) is 37.4 Å². The van der Waals surface area contributed by atoms with Gasteiger partial charge in [-0.3, -0.25) is 9.89 Å². The van der Waals surface area contributed by atoms with Crippen LogP contribution >= 0.6 is 12.2 Å². The second-order valence-electron chi connectivity index (χ2n) is 6.24. The molecule has 0 atom stereocenters. The van der Waals surface area contributed by atoms with Crippen LogP contribution in [-0.4, -0.2) is 27.2 Å². The second-order valence-corrected chi connectivity index (χ2v) is 6.63. The van der Waals surface area contributed by atoms with Crippen molar-refractivity contribution in [2.75, 3.05) is 6.54 Å². The van der Waals surface area contributed by atoms with E-state index in [9.17, 15) is 4.79 Å². The van der Waals surface area contributed by atoms with Gasteiger partial charge in [0.1, 0.15) is 5.82 Å². The second kappa shape index (κ2) is 6.08. The third-order valence-corrected chi connectivity index (χ3v) is 4.56. The normalized spacial score (nSPS) is 17.0. The van der Waals surface area contributed by atoms with Crippen molar-refractivity contribution in [3.63, 3.8) is 0 Å². The smallest absolute Gasteiger partial charge is 0.226 e. The fraction of sp³-hybridized carbons (Fsp3) is 0.786. The molecule has 1 saturated carbocycles. The van der Waals surface area contributed by atoms with E-state index in [2.05, 4.69) is 29.4 Å². The molecule has 5 nitrogen and oxygen atoms in total. The van der Waals surface area contributed by atoms with E-state index in [4.69, 9.17) is 12.2 Å². The topological polar surface area (TPSA) is 62.7 Å². The van der Waals surface area contributed by atoms with Crippen LogP contribution in [0.3, 0.4) is 0 Å². The van der Waals surface area contributed by atoms with Crippen LogP contribution in [-0.2, 0) is 18.3 Å². The minimum atomic E-state index is -0.106. The monoisotopic (exact) mass is 296 g/mol. The standard InChI is InChI=1S/C14H24N4OS/c1-10(2)9-14(6-4-7-14)12(19)15-8-5-11-16-17-13(20)18(11)3/h10H,4-9H2,1-3H3,(H,15,19)(H,17,20). The molecule has 1 aliphatic carbocycles. The molecule has 0 radical (unpaired) electrons. The Hall–Kier alpha value is -1.17. The van der Waals surface area contributed by atoms with Gasteiger partial charge in [0, 0.05) is 25.4 Å². The molecule has 1 aliphatic rings. The molecule has 2 N–H and O–H groups in total. The van der Waals surface area contributed by atoms with Crippen molar-refractivity contribution in [3.05, 3.63) is 10.6 Å². The maximum atomic E-state index is 12.4. The first-order valence-corrected chi connectivity index (χ1v) is 7.74. The molecule has 0 aromatic carbocycles. The average molecular weight is 296 g/mol. The van der Waals surface area contributed by atoms with E-state index < -0.39 is 0 Å². The van der Waals surface area contributed by atoms with Crippen molar-refractivity contribution in [3.8, 4) is 0 Å². The van der Waals surface area contributed by atoms with Crippen molar-refractivity contribution in [1.82, 2.24) is 20.1 Å². The van der Waals surface area contributed by atoms with Crippen LogP contribution in [0.25, 0.3) is 0 Å². The van der Waals surface area contributed by atoms with E-state index in [0.717, 1.165) is 25.1 Å². The predicted octanol–water partition coefficient (Wildman–Crippen LogP) is 2.35. The maximum Gasteiger partial charge on any atom is 0.226 e. The van der Waals surface area contributed by atoms with Crippen molar-refractivity contribution in [2.45, 2.75) is 46.0 Å². The summed E-state index contributed by atoms with van der Waals surface area (Å²) in [5, 5.41) is 9.98. The molecular weight excluding hydrogens is 272 g/mol. The fourth-order valence-corrected chi connectivity index (χ4v) is 3.14. The number of aromatic nitrogens is 3. The Morgan fingerprint density at radius 1 is 1.55 bits per heavy atom. The SMILES string of the molecule is CC(C)CC1(C(=O)NCCc2n[nH]c(=S)n2C)CCC1. The molecule has 1 heterocycles. The molecule has 0 saturated heterocycles. The summed E-state index contributed by atoms with van der Waals surface area (Å²) in [5.74, 6) is 1.66. The first-order valence-electron chi connectivity index (χ1n) is 7.33. The number of hydrogen-bond acceptors (Lipinski definition) is 3. The highest BCUT2D eigenvalue weighted by Crippen LogP contribution is 2.46. The van der Waals surface area contributed by atoms with Crippen LogP contribution in [0.4, 0.5) is 0 Å². The van der Waals surface area contributed by atoms with Gasteiger partial charge in [-0.1, -0.05) is 20.3 Å². The lowest BCUT2D eigenvalue weighted by Crippen LogP contribution is -2.47. The van der Waals surface area contributed by atoms with Gasteiger partial charge in [-0.15, -0.1) is 0 Å². The van der Waals surface area contributed by atoms with Crippen LogP contribution in [0.1, 0.15) is 45.4 Å². The maximum absolute atomic E-state index is 12.4. The lowest BCUT2D eigenvalue weighted by atomic mass is 9.64. The molecule has 0 bridgehead atoms. The lowest BCUT2D eigenvalue weighted by molar-refractivity contribution is -0.137. The van der Waals surface area contributed by atoms with Crippen LogP contribution in [0.15, 0.2) is 0 Å². The van der Waals surface area contributed by atoms with Gasteiger partial charge in [0.25, 0.3) is 0 Å². The van der Waals surface area contributed by atoms with E-state index in [0.29, 0.717) is 23.7 Å². The summed E-state index contributed by atoms with van der Waals surface area (Å²) in [6.07, 6.45) is 4.93. The summed E-state index contributed by atoms with van der Waals surface area (Å²) in [7, 11) is 1.88. The molecule has 0 aliphatic heterocycles. The summed E-state index contributed by atoms with van der Waals surface area (Å²) in [6, 6.07) is 0. The third kappa shape index (κ3) is 3.11. The third-order valence-electron chi connectivity index (χ3n) is 4.20. The van der Waals surface area contributed by atoms with Gasteiger partial charge in [-0.2, -0.15) is 5.10 Å². The van der Waals surface area contributed by atoms with Crippen LogP contribution < -0.4 is 5.32 Å². The van der Waals surface area contributed by atoms with Gasteiger partial charge in [0.15, 0.2) is 4.77 Å². The summed E-state index contributed by atoms with van der Waals surface area (Å²) in [4.78, 5) is 12.4. The van der Waals surface area contributed by atoms with Crippen LogP contribution in [0.5, 0.6) is 0 Å². The minimum absolute atomic E-state index is 0.106. The number of amides is 1. The van der Waals surface area contributed by atoms with Crippen molar-refractivity contribution in [1.29, 1.82) is 0 Å². The fourth-order valence-electron chi connectivity index (χ4n) is 2.99. The van der Waals surface area contributed by atoms with Gasteiger partial charge < -0.3 is 9.88 Å². The molecular formula is C14H24N4OS. The molecule has 1 amide bonds. The number of H-pyrrole nitrogens is 1. The quantitative estimate of drug-likeness (QED) is 0.792. The molecule has 1 aromatic rings. The molecule has 1 fully saturated rings. The lowest BCUT2D eigenvalue weighted by Gasteiger charge is -2.41. The van der Waals surface area contributed by atoms with Gasteiger partial charge in [0.2, 0.25) is 5.91 Å². The number of rotatable bonds is 6. The number of carbonyl (C=O) groups is 1. The number of aromatic amines is 1. The predicted molar refractivity (Wildman–Crippen MR) is 80.8 cm³/mol. The molecule has 6 heteroatoms. The van der Waals surface area contributed by atoms with E-state index in [1.165, 1.54) is 6.42 Å². The summed E-state index contributed by atoms with van der Waals surface area (Å²) in [6.45, 7) is 4.98. The first kappa shape index (κ1) is 15.2. The van der Waals surface area contributed by atoms with E-state index in [1.54, 1.807) is 0 Å². The molecule has 20 heavy (non-hydrogen) atoms.